The SMILES string of the molecule is Cc1cc(-c2ccccc2)n(-c2ccc(F)cc2)n1.Cc1cc(-c2ccccc2)n(-c2ccccc2)n1.Cc1cc(-c2ccccc2)nn1-c1ccc(F)cc1.Cc1cc(-c2ccccc2)nn1-c1ccccc1.Cc1nn(-c2ccccc2)cc1NC(=O)c1ccccc1. The Kier molecular flexibility index (Phi) is 21.0. The summed E-state index contributed by atoms with van der Waals surface area (Å²) in [5.41, 5.74) is 19.7. The van der Waals surface area contributed by atoms with E-state index in [0.717, 1.165) is 96.4 Å². The highest BCUT2D eigenvalue weighted by Gasteiger charge is 2.14. The third-order valence-corrected chi connectivity index (χ3v) is 15.1. The molecule has 10 aromatic carbocycles. The minimum atomic E-state index is -0.242. The predicted octanol–water partition coefficient (Wildman–Crippen LogP) is 19.1. The molecule has 0 aliphatic carbocycles. The average molecular weight is 1250 g/mol. The Morgan fingerprint density at radius 1 is 0.326 bits per heavy atom. The van der Waals surface area contributed by atoms with Gasteiger partial charge in [-0.2, -0.15) is 25.5 Å². The molecule has 0 unspecified atom stereocenters. The molecule has 0 spiro atoms. The normalized spacial score (nSPS) is 10.5. The van der Waals surface area contributed by atoms with Gasteiger partial charge in [0.15, 0.2) is 0 Å². The number of hydrogen-bond donors (Lipinski definition) is 1. The molecule has 1 N–H and O–H groups in total. The van der Waals surface area contributed by atoms with Crippen LogP contribution in [0.1, 0.15) is 38.8 Å². The fourth-order valence-corrected chi connectivity index (χ4v) is 10.4. The molecule has 468 valence electrons. The number of carbonyl (C=O) groups excluding carboxylic acids is 1. The van der Waals surface area contributed by atoms with Gasteiger partial charge in [-0.25, -0.2) is 32.2 Å². The summed E-state index contributed by atoms with van der Waals surface area (Å²) in [6.07, 6.45) is 1.82. The summed E-state index contributed by atoms with van der Waals surface area (Å²) in [6.45, 7) is 9.91. The molecular formula is C81H69F2N11O. The molecule has 12 nitrogen and oxygen atoms in total. The quantitative estimate of drug-likeness (QED) is 0.138. The van der Waals surface area contributed by atoms with E-state index in [-0.39, 0.29) is 17.5 Å². The van der Waals surface area contributed by atoms with Crippen LogP contribution in [0.4, 0.5) is 14.5 Å². The lowest BCUT2D eigenvalue weighted by molar-refractivity contribution is 0.102. The van der Waals surface area contributed by atoms with Crippen molar-refractivity contribution in [3.63, 3.8) is 0 Å². The molecule has 95 heavy (non-hydrogen) atoms. The van der Waals surface area contributed by atoms with Gasteiger partial charge in [-0.1, -0.05) is 194 Å². The number of aryl methyl sites for hydroxylation is 5. The van der Waals surface area contributed by atoms with Gasteiger partial charge in [0.2, 0.25) is 0 Å². The molecule has 0 saturated carbocycles. The number of rotatable bonds is 11. The number of aromatic nitrogens is 10. The molecule has 15 aromatic rings. The Morgan fingerprint density at radius 2 is 0.642 bits per heavy atom. The first kappa shape index (κ1) is 64.1. The lowest BCUT2D eigenvalue weighted by atomic mass is 10.1. The minimum absolute atomic E-state index is 0.133. The van der Waals surface area contributed by atoms with Crippen LogP contribution in [0.25, 0.3) is 73.5 Å². The maximum absolute atomic E-state index is 13.0. The van der Waals surface area contributed by atoms with Gasteiger partial charge in [0.05, 0.1) is 80.2 Å². The van der Waals surface area contributed by atoms with Crippen LogP contribution in [0.5, 0.6) is 0 Å². The Bertz CT molecular complexity index is 4790. The van der Waals surface area contributed by atoms with Crippen molar-refractivity contribution in [2.45, 2.75) is 34.6 Å². The van der Waals surface area contributed by atoms with Gasteiger partial charge in [-0.05, 0) is 156 Å². The molecule has 0 saturated heterocycles. The van der Waals surface area contributed by atoms with Crippen LogP contribution in [0, 0.1) is 46.3 Å². The molecule has 0 bridgehead atoms. The van der Waals surface area contributed by atoms with Crippen molar-refractivity contribution < 1.29 is 13.6 Å². The minimum Gasteiger partial charge on any atom is -0.319 e. The number of carbonyl (C=O) groups is 1. The highest BCUT2D eigenvalue weighted by Crippen LogP contribution is 2.27. The Morgan fingerprint density at radius 3 is 1.03 bits per heavy atom. The van der Waals surface area contributed by atoms with Crippen LogP contribution >= 0.6 is 0 Å². The predicted molar refractivity (Wildman–Crippen MR) is 378 cm³/mol. The second-order valence-corrected chi connectivity index (χ2v) is 22.1. The van der Waals surface area contributed by atoms with Crippen molar-refractivity contribution in [3.05, 3.63) is 367 Å². The van der Waals surface area contributed by atoms with E-state index in [9.17, 15) is 13.6 Å². The standard InChI is InChI=1S/C17H15N3O.2C16H13FN2.2C16H14N2/c1-13-16(18-17(21)14-8-4-2-5-9-14)12-20(19-13)15-10-6-3-7-11-15;1-12-11-16(13-5-3-2-4-6-13)18-19(12)15-9-7-14(17)8-10-15;1-12-11-16(13-5-3-2-4-6-13)19(18-12)15-9-7-14(17)8-10-15;1-13-12-16(14-8-4-2-5-9-14)17-18(13)15-10-6-3-7-11-15;1-13-12-16(14-8-4-2-5-9-14)18(17-13)15-10-6-3-7-11-15/h2-12H,1H3,(H,18,21);2*2-11H,1H3;2*2-12H,1H3. The van der Waals surface area contributed by atoms with Gasteiger partial charge in [0, 0.05) is 39.2 Å². The van der Waals surface area contributed by atoms with Crippen molar-refractivity contribution in [1.82, 2.24) is 48.9 Å². The maximum atomic E-state index is 13.0. The van der Waals surface area contributed by atoms with Gasteiger partial charge in [0.1, 0.15) is 11.6 Å². The van der Waals surface area contributed by atoms with Crippen molar-refractivity contribution in [2.75, 3.05) is 5.32 Å². The summed E-state index contributed by atoms with van der Waals surface area (Å²) in [5, 5.41) is 25.6. The summed E-state index contributed by atoms with van der Waals surface area (Å²) in [5.74, 6) is -0.614. The van der Waals surface area contributed by atoms with E-state index in [1.165, 1.54) is 29.8 Å². The maximum Gasteiger partial charge on any atom is 0.255 e. The van der Waals surface area contributed by atoms with E-state index in [2.05, 4.69) is 98.4 Å². The second kappa shape index (κ2) is 31.1. The largest absolute Gasteiger partial charge is 0.319 e. The zero-order chi connectivity index (χ0) is 65.9. The third-order valence-electron chi connectivity index (χ3n) is 15.1. The molecular weight excluding hydrogens is 1180 g/mol. The molecule has 15 rings (SSSR count). The second-order valence-electron chi connectivity index (χ2n) is 22.1. The third kappa shape index (κ3) is 16.8. The highest BCUT2D eigenvalue weighted by atomic mass is 19.1. The summed E-state index contributed by atoms with van der Waals surface area (Å²) in [7, 11) is 0. The first-order valence-corrected chi connectivity index (χ1v) is 31.0. The average Bonchev–Trinajstić information content (AvgIpc) is 1.75. The molecule has 0 radical (unpaired) electrons. The van der Waals surface area contributed by atoms with E-state index >= 15 is 0 Å². The van der Waals surface area contributed by atoms with Gasteiger partial charge in [0.25, 0.3) is 5.91 Å². The number of amides is 1. The van der Waals surface area contributed by atoms with E-state index in [0.29, 0.717) is 11.3 Å². The molecule has 1 amide bonds. The molecule has 0 aliphatic heterocycles. The number of benzene rings is 10. The molecule has 5 heterocycles. The molecule has 5 aromatic heterocycles. The van der Waals surface area contributed by atoms with E-state index < -0.39 is 0 Å². The lowest BCUT2D eigenvalue weighted by Gasteiger charge is -2.07. The van der Waals surface area contributed by atoms with E-state index in [1.54, 1.807) is 41.1 Å². The van der Waals surface area contributed by atoms with Crippen LogP contribution in [0.2, 0.25) is 0 Å². The Labute approximate surface area is 552 Å². The van der Waals surface area contributed by atoms with Gasteiger partial charge < -0.3 is 5.32 Å². The number of nitrogens with one attached hydrogen (secondary N) is 1. The number of para-hydroxylation sites is 3. The van der Waals surface area contributed by atoms with Crippen LogP contribution in [-0.4, -0.2) is 54.8 Å². The number of anilines is 1. The van der Waals surface area contributed by atoms with Crippen LogP contribution < -0.4 is 5.32 Å². The van der Waals surface area contributed by atoms with Crippen LogP contribution in [0.3, 0.4) is 0 Å². The van der Waals surface area contributed by atoms with Gasteiger partial charge in [-0.15, -0.1) is 0 Å². The summed E-state index contributed by atoms with van der Waals surface area (Å²) in [6, 6.07) is 101. The summed E-state index contributed by atoms with van der Waals surface area (Å²) >= 11 is 0. The van der Waals surface area contributed by atoms with Crippen LogP contribution in [0.15, 0.2) is 322 Å². The lowest BCUT2D eigenvalue weighted by Crippen LogP contribution is -2.11. The zero-order valence-corrected chi connectivity index (χ0v) is 53.2. The Balaban J connectivity index is 0.000000121. The fraction of sp³-hybridized carbons (Fsp3) is 0.0617. The first-order chi connectivity index (χ1) is 46.4. The van der Waals surface area contributed by atoms with E-state index in [1.807, 2.05) is 247 Å². The van der Waals surface area contributed by atoms with Crippen molar-refractivity contribution >= 4 is 11.6 Å². The smallest absolute Gasteiger partial charge is 0.255 e. The number of halogens is 2. The topological polar surface area (TPSA) is 118 Å². The summed E-state index contributed by atoms with van der Waals surface area (Å²) in [4.78, 5) is 12.2. The molecule has 0 atom stereocenters. The number of nitrogens with zero attached hydrogens (tertiary/aromatic N) is 10. The van der Waals surface area contributed by atoms with Crippen LogP contribution in [-0.2, 0) is 0 Å². The van der Waals surface area contributed by atoms with Crippen molar-refractivity contribution in [3.8, 4) is 73.5 Å². The monoisotopic (exact) mass is 1250 g/mol. The van der Waals surface area contributed by atoms with Gasteiger partial charge in [-0.3, -0.25) is 4.79 Å². The highest BCUT2D eigenvalue weighted by molar-refractivity contribution is 6.04. The Hall–Kier alpha value is -12.4. The first-order valence-electron chi connectivity index (χ1n) is 31.0. The molecule has 0 aliphatic rings. The zero-order valence-electron chi connectivity index (χ0n) is 53.2. The molecule has 0 fully saturated rings. The van der Waals surface area contributed by atoms with Crippen molar-refractivity contribution in [1.29, 1.82) is 0 Å². The van der Waals surface area contributed by atoms with Crippen molar-refractivity contribution in [2.24, 2.45) is 0 Å². The van der Waals surface area contributed by atoms with E-state index in [4.69, 9.17) is 0 Å². The fourth-order valence-electron chi connectivity index (χ4n) is 10.4. The summed E-state index contributed by atoms with van der Waals surface area (Å²) < 4.78 is 35.3. The number of hydrogen-bond acceptors (Lipinski definition) is 6. The molecule has 14 heteroatoms. The van der Waals surface area contributed by atoms with Gasteiger partial charge >= 0.3 is 0 Å².